The number of unbranched alkanes of at least 4 members (excludes halogenated alkanes) is 13. The van der Waals surface area contributed by atoms with Crippen molar-refractivity contribution in [3.8, 4) is 0 Å². The molecule has 0 spiro atoms. The van der Waals surface area contributed by atoms with Gasteiger partial charge in [-0.3, -0.25) is 18.6 Å². The fraction of sp³-hybridized carbons (Fsp3) is 0.762. The molecule has 2 N–H and O–H groups in total. The number of esters is 2. The SMILES string of the molecule is CC/C=C/C/C=C/C=C/C(O)CCCCCCCC(=O)O[C@H](COC(=O)CCCCCCC/C=C\CCCCCC)COP(=O)(O)OCC[N+](C)(C)C. The van der Waals surface area contributed by atoms with Crippen molar-refractivity contribution in [2.24, 2.45) is 0 Å². The first-order valence-corrected chi connectivity index (χ1v) is 22.0. The summed E-state index contributed by atoms with van der Waals surface area (Å²) in [7, 11) is 1.40. The van der Waals surface area contributed by atoms with Crippen LogP contribution in [0.15, 0.2) is 48.6 Å². The Labute approximate surface area is 323 Å². The number of allylic oxidation sites excluding steroid dienone is 7. The molecule has 0 fully saturated rings. The maximum atomic E-state index is 12.7. The van der Waals surface area contributed by atoms with Crippen LogP contribution in [-0.2, 0) is 32.7 Å². The summed E-state index contributed by atoms with van der Waals surface area (Å²) in [5, 5.41) is 10.1. The second-order valence-corrected chi connectivity index (χ2v) is 16.3. The molecule has 0 amide bonds. The van der Waals surface area contributed by atoms with Crippen LogP contribution in [0.3, 0.4) is 0 Å². The lowest BCUT2D eigenvalue weighted by molar-refractivity contribution is -0.870. The lowest BCUT2D eigenvalue weighted by atomic mass is 10.1. The zero-order valence-electron chi connectivity index (χ0n) is 34.1. The first-order valence-electron chi connectivity index (χ1n) is 20.5. The molecule has 2 unspecified atom stereocenters. The van der Waals surface area contributed by atoms with E-state index in [2.05, 4.69) is 44.2 Å². The molecule has 0 saturated heterocycles. The number of hydrogen-bond donors (Lipinski definition) is 2. The molecule has 0 rings (SSSR count). The number of likely N-dealkylation sites (N-methyl/N-ethyl adjacent to an activating group) is 1. The fourth-order valence-corrected chi connectivity index (χ4v) is 5.93. The summed E-state index contributed by atoms with van der Waals surface area (Å²) < 4.78 is 34.1. The highest BCUT2D eigenvalue weighted by molar-refractivity contribution is 7.47. The average Bonchev–Trinajstić information content (AvgIpc) is 3.10. The number of carbonyl (C=O) groups is 2. The molecule has 53 heavy (non-hydrogen) atoms. The minimum Gasteiger partial charge on any atom is -0.462 e. The van der Waals surface area contributed by atoms with E-state index in [1.807, 2.05) is 33.3 Å². The minimum absolute atomic E-state index is 0.0107. The van der Waals surface area contributed by atoms with Gasteiger partial charge in [0.2, 0.25) is 0 Å². The first kappa shape index (κ1) is 50.9. The first-order chi connectivity index (χ1) is 25.4. The summed E-state index contributed by atoms with van der Waals surface area (Å²) in [5.74, 6) is -0.890. The molecule has 0 bridgehead atoms. The van der Waals surface area contributed by atoms with E-state index in [4.69, 9.17) is 18.5 Å². The van der Waals surface area contributed by atoms with Gasteiger partial charge in [-0.25, -0.2) is 4.57 Å². The maximum Gasteiger partial charge on any atom is 0.472 e. The monoisotopic (exact) mass is 771 g/mol. The molecule has 3 atom stereocenters. The van der Waals surface area contributed by atoms with Crippen LogP contribution in [-0.4, -0.2) is 86.1 Å². The van der Waals surface area contributed by atoms with E-state index in [1.54, 1.807) is 6.08 Å². The van der Waals surface area contributed by atoms with E-state index in [0.717, 1.165) is 70.6 Å². The van der Waals surface area contributed by atoms with Crippen molar-refractivity contribution in [1.29, 1.82) is 0 Å². The summed E-state index contributed by atoms with van der Waals surface area (Å²) >= 11 is 0. The Balaban J connectivity index is 4.52. The third kappa shape index (κ3) is 38.0. The number of hydrogen-bond acceptors (Lipinski definition) is 8. The van der Waals surface area contributed by atoms with E-state index >= 15 is 0 Å². The Morgan fingerprint density at radius 3 is 1.94 bits per heavy atom. The zero-order chi connectivity index (χ0) is 39.5. The molecular formula is C42H77NO9P+. The van der Waals surface area contributed by atoms with Crippen molar-refractivity contribution in [3.63, 3.8) is 0 Å². The standard InChI is InChI=1S/C42H76NO9P/c1-6-8-10-12-14-15-16-17-18-19-21-25-29-33-41(45)49-37-40(38-51-53(47,48)50-36-35-43(3,4)5)52-42(46)34-30-26-22-24-28-32-39(44)31-27-23-20-13-11-9-7-2/h9,11,15-16,20,23,27,31,39-40,44H,6-8,10,12-14,17-19,21-22,24-26,28-30,32-38H2,1-5H3/p+1/b11-9+,16-15-,23-20+,31-27+/t39?,40-/m1/s1. The Hall–Kier alpha value is -2.07. The molecule has 0 saturated carbocycles. The lowest BCUT2D eigenvalue weighted by Gasteiger charge is -2.24. The van der Waals surface area contributed by atoms with Gasteiger partial charge in [0.25, 0.3) is 0 Å². The number of ether oxygens (including phenoxy) is 2. The number of aliphatic hydroxyl groups is 1. The molecule has 0 aliphatic heterocycles. The van der Waals surface area contributed by atoms with Gasteiger partial charge >= 0.3 is 19.8 Å². The summed E-state index contributed by atoms with van der Waals surface area (Å²) in [4.78, 5) is 35.3. The Morgan fingerprint density at radius 2 is 1.30 bits per heavy atom. The van der Waals surface area contributed by atoms with Gasteiger partial charge < -0.3 is 24.0 Å². The summed E-state index contributed by atoms with van der Waals surface area (Å²) in [5.41, 5.74) is 0. The number of carbonyl (C=O) groups excluding carboxylic acids is 2. The highest BCUT2D eigenvalue weighted by atomic mass is 31.2. The third-order valence-corrected chi connectivity index (χ3v) is 9.43. The van der Waals surface area contributed by atoms with Crippen LogP contribution in [0.5, 0.6) is 0 Å². The number of aliphatic hydroxyl groups excluding tert-OH is 1. The van der Waals surface area contributed by atoms with Gasteiger partial charge in [-0.2, -0.15) is 0 Å². The van der Waals surface area contributed by atoms with Crippen molar-refractivity contribution in [1.82, 2.24) is 0 Å². The van der Waals surface area contributed by atoms with E-state index in [0.29, 0.717) is 30.3 Å². The zero-order valence-corrected chi connectivity index (χ0v) is 35.0. The molecule has 0 radical (unpaired) electrons. The normalized spacial score (nSPS) is 14.8. The minimum atomic E-state index is -4.40. The number of quaternary nitrogens is 1. The topological polar surface area (TPSA) is 129 Å². The number of phosphoric ester groups is 1. The van der Waals surface area contributed by atoms with Crippen LogP contribution in [0.2, 0.25) is 0 Å². The van der Waals surface area contributed by atoms with E-state index in [-0.39, 0.29) is 26.1 Å². The van der Waals surface area contributed by atoms with Crippen molar-refractivity contribution in [3.05, 3.63) is 48.6 Å². The highest BCUT2D eigenvalue weighted by Gasteiger charge is 2.27. The van der Waals surface area contributed by atoms with Crippen LogP contribution in [0, 0.1) is 0 Å². The largest absolute Gasteiger partial charge is 0.472 e. The van der Waals surface area contributed by atoms with Gasteiger partial charge in [0.05, 0.1) is 33.9 Å². The average molecular weight is 771 g/mol. The number of rotatable bonds is 36. The molecule has 10 nitrogen and oxygen atoms in total. The second-order valence-electron chi connectivity index (χ2n) is 14.8. The van der Waals surface area contributed by atoms with Crippen molar-refractivity contribution < 1.29 is 47.2 Å². The second kappa shape index (κ2) is 34.4. The molecule has 308 valence electrons. The van der Waals surface area contributed by atoms with Crippen LogP contribution >= 0.6 is 7.82 Å². The molecule has 0 aromatic heterocycles. The smallest absolute Gasteiger partial charge is 0.462 e. The van der Waals surface area contributed by atoms with Crippen molar-refractivity contribution >= 4 is 19.8 Å². The molecule has 0 heterocycles. The highest BCUT2D eigenvalue weighted by Crippen LogP contribution is 2.43. The van der Waals surface area contributed by atoms with Crippen LogP contribution in [0.4, 0.5) is 0 Å². The Bertz CT molecular complexity index is 1070. The van der Waals surface area contributed by atoms with E-state index in [1.165, 1.54) is 32.1 Å². The summed E-state index contributed by atoms with van der Waals surface area (Å²) in [6.45, 7) is 4.13. The van der Waals surface area contributed by atoms with Crippen molar-refractivity contribution in [2.75, 3.05) is 47.5 Å². The van der Waals surface area contributed by atoms with Gasteiger partial charge in [-0.05, 0) is 57.8 Å². The van der Waals surface area contributed by atoms with Gasteiger partial charge in [-0.1, -0.05) is 127 Å². The number of nitrogens with zero attached hydrogens (tertiary/aromatic N) is 1. The molecule has 11 heteroatoms. The van der Waals surface area contributed by atoms with Gasteiger partial charge in [0.1, 0.15) is 19.8 Å². The van der Waals surface area contributed by atoms with Crippen LogP contribution in [0.25, 0.3) is 0 Å². The predicted octanol–water partition coefficient (Wildman–Crippen LogP) is 10.1. The summed E-state index contributed by atoms with van der Waals surface area (Å²) in [6, 6.07) is 0. The van der Waals surface area contributed by atoms with Crippen LogP contribution < -0.4 is 0 Å². The predicted molar refractivity (Wildman–Crippen MR) is 216 cm³/mol. The molecule has 0 aliphatic carbocycles. The summed E-state index contributed by atoms with van der Waals surface area (Å²) in [6.07, 6.45) is 34.6. The molecular weight excluding hydrogens is 693 g/mol. The van der Waals surface area contributed by atoms with Gasteiger partial charge in [0, 0.05) is 12.8 Å². The Morgan fingerprint density at radius 1 is 0.698 bits per heavy atom. The molecule has 0 aromatic carbocycles. The fourth-order valence-electron chi connectivity index (χ4n) is 5.19. The molecule has 0 aliphatic rings. The van der Waals surface area contributed by atoms with Crippen molar-refractivity contribution in [2.45, 2.75) is 161 Å². The number of phosphoric acid groups is 1. The van der Waals surface area contributed by atoms with E-state index < -0.39 is 38.6 Å². The Kier molecular flexibility index (Phi) is 33.1. The molecule has 0 aromatic rings. The van der Waals surface area contributed by atoms with Gasteiger partial charge in [0.15, 0.2) is 6.10 Å². The quantitative estimate of drug-likeness (QED) is 0.0160. The van der Waals surface area contributed by atoms with Crippen LogP contribution in [0.1, 0.15) is 149 Å². The van der Waals surface area contributed by atoms with E-state index in [9.17, 15) is 24.2 Å². The van der Waals surface area contributed by atoms with Gasteiger partial charge in [-0.15, -0.1) is 0 Å². The lowest BCUT2D eigenvalue weighted by Crippen LogP contribution is -2.37. The maximum absolute atomic E-state index is 12.7. The third-order valence-electron chi connectivity index (χ3n) is 8.45.